The highest BCUT2D eigenvalue weighted by Crippen LogP contribution is 2.19. The van der Waals surface area contributed by atoms with Crippen LogP contribution in [0, 0.1) is 0 Å². The van der Waals surface area contributed by atoms with Gasteiger partial charge >= 0.3 is 0 Å². The fourth-order valence-corrected chi connectivity index (χ4v) is 1.93. The normalized spacial score (nSPS) is 13.0. The second-order valence-corrected chi connectivity index (χ2v) is 4.77. The zero-order chi connectivity index (χ0) is 14.3. The van der Waals surface area contributed by atoms with Crippen molar-refractivity contribution in [2.24, 2.45) is 0 Å². The average molecular weight is 272 g/mol. The first-order valence-corrected chi connectivity index (χ1v) is 6.95. The smallest absolute Gasteiger partial charge is 0.162 e. The van der Waals surface area contributed by atoms with E-state index in [0.29, 0.717) is 0 Å². The Bertz CT molecular complexity index is 653. The molecule has 0 fully saturated rings. The predicted octanol–water partition coefficient (Wildman–Crippen LogP) is 5.21. The van der Waals surface area contributed by atoms with Gasteiger partial charge in [-0.15, -0.1) is 0 Å². The first kappa shape index (κ1) is 13.2. The van der Waals surface area contributed by atoms with Crippen molar-refractivity contribution >= 4 is 12.2 Å². The lowest BCUT2D eigenvalue weighted by atomic mass is 10.1. The maximum absolute atomic E-state index is 5.09. The Morgan fingerprint density at radius 1 is 0.714 bits per heavy atom. The minimum absolute atomic E-state index is 0.917. The van der Waals surface area contributed by atoms with Crippen molar-refractivity contribution < 1.29 is 4.74 Å². The number of hydrogen-bond acceptors (Lipinski definition) is 1. The van der Waals surface area contributed by atoms with Crippen LogP contribution in [0.3, 0.4) is 0 Å². The van der Waals surface area contributed by atoms with E-state index < -0.39 is 0 Å². The van der Waals surface area contributed by atoms with Crippen molar-refractivity contribution in [3.05, 3.63) is 108 Å². The zero-order valence-electron chi connectivity index (χ0n) is 11.6. The third-order valence-corrected chi connectivity index (χ3v) is 3.10. The van der Waals surface area contributed by atoms with E-state index in [2.05, 4.69) is 48.6 Å². The molecule has 0 saturated heterocycles. The van der Waals surface area contributed by atoms with Crippen LogP contribution in [0.5, 0.6) is 0 Å². The maximum atomic E-state index is 5.09. The quantitative estimate of drug-likeness (QED) is 0.680. The average Bonchev–Trinajstić information content (AvgIpc) is 3.36. The lowest BCUT2D eigenvalue weighted by molar-refractivity contribution is 0.515. The van der Waals surface area contributed by atoms with Gasteiger partial charge in [-0.3, -0.25) is 0 Å². The SMILES string of the molecule is C(=Cc1ccccc1)C(C=Cc1ccccc1)=CC1=CO1. The molecule has 0 radical (unpaired) electrons. The molecule has 0 aromatic heterocycles. The molecule has 0 unspecified atom stereocenters. The summed E-state index contributed by atoms with van der Waals surface area (Å²) in [6.07, 6.45) is 12.2. The van der Waals surface area contributed by atoms with E-state index in [1.54, 1.807) is 6.26 Å². The first-order valence-electron chi connectivity index (χ1n) is 6.95. The van der Waals surface area contributed by atoms with Crippen LogP contribution in [-0.2, 0) is 4.74 Å². The molecule has 0 amide bonds. The largest absolute Gasteiger partial charge is 0.458 e. The van der Waals surface area contributed by atoms with Crippen molar-refractivity contribution in [2.75, 3.05) is 0 Å². The molecule has 102 valence electrons. The molecular formula is C20H16O. The van der Waals surface area contributed by atoms with Gasteiger partial charge in [0, 0.05) is 0 Å². The van der Waals surface area contributed by atoms with Crippen molar-refractivity contribution in [3.63, 3.8) is 0 Å². The molecule has 0 bridgehead atoms. The molecule has 0 saturated carbocycles. The van der Waals surface area contributed by atoms with Crippen molar-refractivity contribution in [3.8, 4) is 0 Å². The molecule has 0 aliphatic carbocycles. The summed E-state index contributed by atoms with van der Waals surface area (Å²) in [5.41, 5.74) is 3.47. The van der Waals surface area contributed by atoms with Gasteiger partial charge in [0.1, 0.15) is 6.26 Å². The predicted molar refractivity (Wildman–Crippen MR) is 88.2 cm³/mol. The first-order chi connectivity index (χ1) is 10.4. The Morgan fingerprint density at radius 2 is 1.19 bits per heavy atom. The zero-order valence-corrected chi connectivity index (χ0v) is 11.6. The highest BCUT2D eigenvalue weighted by atomic mass is 16.5. The van der Waals surface area contributed by atoms with E-state index in [1.165, 1.54) is 11.1 Å². The number of rotatable bonds is 5. The fraction of sp³-hybridized carbons (Fsp3) is 0. The third kappa shape index (κ3) is 4.36. The second-order valence-electron chi connectivity index (χ2n) is 4.77. The third-order valence-electron chi connectivity index (χ3n) is 3.10. The highest BCUT2D eigenvalue weighted by Gasteiger charge is 2.05. The highest BCUT2D eigenvalue weighted by molar-refractivity contribution is 5.60. The van der Waals surface area contributed by atoms with Gasteiger partial charge in [0.15, 0.2) is 5.76 Å². The van der Waals surface area contributed by atoms with Crippen molar-refractivity contribution in [2.45, 2.75) is 0 Å². The molecule has 0 N–H and O–H groups in total. The summed E-state index contributed by atoms with van der Waals surface area (Å²) in [5.74, 6) is 0.917. The lowest BCUT2D eigenvalue weighted by Crippen LogP contribution is -1.75. The Labute approximate surface area is 125 Å². The van der Waals surface area contributed by atoms with Gasteiger partial charge in [-0.2, -0.15) is 0 Å². The van der Waals surface area contributed by atoms with Gasteiger partial charge < -0.3 is 4.74 Å². The standard InChI is InChI=1S/C20H16O/c1-3-7-17(8-4-1)11-13-19(15-20-16-21-20)14-12-18-9-5-2-6-10-18/h1-16H. The van der Waals surface area contributed by atoms with Gasteiger partial charge in [0.2, 0.25) is 0 Å². The van der Waals surface area contributed by atoms with Crippen LogP contribution in [0.2, 0.25) is 0 Å². The molecule has 0 atom stereocenters. The van der Waals surface area contributed by atoms with Crippen LogP contribution in [0.1, 0.15) is 11.1 Å². The Balaban J connectivity index is 1.77. The second kappa shape index (κ2) is 6.58. The number of hydrogen-bond donors (Lipinski definition) is 0. The molecule has 2 aromatic rings. The summed E-state index contributed by atoms with van der Waals surface area (Å²) >= 11 is 0. The maximum Gasteiger partial charge on any atom is 0.162 e. The molecule has 1 heterocycles. The molecule has 1 nitrogen and oxygen atoms in total. The molecule has 2 aromatic carbocycles. The van der Waals surface area contributed by atoms with Gasteiger partial charge in [0.25, 0.3) is 0 Å². The van der Waals surface area contributed by atoms with Gasteiger partial charge in [-0.25, -0.2) is 0 Å². The number of allylic oxidation sites excluding steroid dienone is 4. The lowest BCUT2D eigenvalue weighted by Gasteiger charge is -1.95. The summed E-state index contributed by atoms with van der Waals surface area (Å²) < 4.78 is 5.09. The molecular weight excluding hydrogens is 256 g/mol. The molecule has 3 rings (SSSR count). The minimum atomic E-state index is 0.917. The van der Waals surface area contributed by atoms with Crippen LogP contribution in [-0.4, -0.2) is 0 Å². The summed E-state index contributed by atoms with van der Waals surface area (Å²) in [4.78, 5) is 0. The summed E-state index contributed by atoms with van der Waals surface area (Å²) in [7, 11) is 0. The van der Waals surface area contributed by atoms with Crippen LogP contribution in [0.15, 0.2) is 96.5 Å². The van der Waals surface area contributed by atoms with Crippen molar-refractivity contribution in [1.29, 1.82) is 0 Å². The topological polar surface area (TPSA) is 12.5 Å². The summed E-state index contributed by atoms with van der Waals surface area (Å²) in [5, 5.41) is 0. The van der Waals surface area contributed by atoms with Crippen LogP contribution in [0.4, 0.5) is 0 Å². The van der Waals surface area contributed by atoms with E-state index in [-0.39, 0.29) is 0 Å². The van der Waals surface area contributed by atoms with Crippen LogP contribution < -0.4 is 0 Å². The molecule has 21 heavy (non-hydrogen) atoms. The molecule has 0 spiro atoms. The molecule has 1 aliphatic heterocycles. The van der Waals surface area contributed by atoms with E-state index in [0.717, 1.165) is 11.3 Å². The minimum Gasteiger partial charge on any atom is -0.458 e. The molecule has 1 aliphatic rings. The Hall–Kier alpha value is -2.80. The van der Waals surface area contributed by atoms with E-state index >= 15 is 0 Å². The fourth-order valence-electron chi connectivity index (χ4n) is 1.93. The Morgan fingerprint density at radius 3 is 1.62 bits per heavy atom. The van der Waals surface area contributed by atoms with Gasteiger partial charge in [-0.05, 0) is 22.8 Å². The van der Waals surface area contributed by atoms with Gasteiger partial charge in [0.05, 0.1) is 0 Å². The van der Waals surface area contributed by atoms with E-state index in [4.69, 9.17) is 4.74 Å². The van der Waals surface area contributed by atoms with Crippen LogP contribution in [0.25, 0.3) is 12.2 Å². The number of benzene rings is 2. The Kier molecular flexibility index (Phi) is 4.13. The van der Waals surface area contributed by atoms with Gasteiger partial charge in [-0.1, -0.05) is 85.0 Å². The van der Waals surface area contributed by atoms with Crippen LogP contribution >= 0.6 is 0 Å². The van der Waals surface area contributed by atoms with E-state index in [9.17, 15) is 0 Å². The monoisotopic (exact) mass is 272 g/mol. The summed E-state index contributed by atoms with van der Waals surface area (Å²) in [6.45, 7) is 0. The summed E-state index contributed by atoms with van der Waals surface area (Å²) in [6, 6.07) is 20.5. The van der Waals surface area contributed by atoms with Crippen molar-refractivity contribution in [1.82, 2.24) is 0 Å². The molecule has 1 heteroatoms. The number of ether oxygens (including phenoxy) is 1. The van der Waals surface area contributed by atoms with E-state index in [1.807, 2.05) is 42.5 Å².